The Bertz CT molecular complexity index is 3170. The Morgan fingerprint density at radius 3 is 1.41 bits per heavy atom. The number of fused-ring (bicyclic) bond motifs is 6. The highest BCUT2D eigenvalue weighted by Gasteiger charge is 2.20. The van der Waals surface area contributed by atoms with Crippen LogP contribution in [0.2, 0.25) is 0 Å². The first-order valence-corrected chi connectivity index (χ1v) is 18.6. The zero-order valence-electron chi connectivity index (χ0n) is 29.9. The van der Waals surface area contributed by atoms with Gasteiger partial charge in [-0.15, -0.1) is 0 Å². The molecule has 56 heavy (non-hydrogen) atoms. The average molecular weight is 719 g/mol. The summed E-state index contributed by atoms with van der Waals surface area (Å²) in [6, 6.07) is 61.9. The number of para-hydroxylation sites is 1. The van der Waals surface area contributed by atoms with Crippen LogP contribution in [0.4, 0.5) is 0 Å². The second kappa shape index (κ2) is 13.0. The number of nitrogens with zero attached hydrogens (tertiary/aromatic N) is 4. The van der Waals surface area contributed by atoms with Crippen LogP contribution in [0.5, 0.6) is 0 Å². The Hall–Kier alpha value is -7.70. The first-order chi connectivity index (χ1) is 27.7. The van der Waals surface area contributed by atoms with Crippen molar-refractivity contribution in [2.24, 2.45) is 0 Å². The predicted octanol–water partition coefficient (Wildman–Crippen LogP) is 13.1. The van der Waals surface area contributed by atoms with E-state index in [0.29, 0.717) is 34.5 Å². The van der Waals surface area contributed by atoms with Gasteiger partial charge < -0.3 is 8.83 Å². The standard InChI is InChI=1S/C50H30N4O2/c1-4-13-32(14-5-1)47-52-48(33-15-6-2-7-16-33)54-49(53-47)34-25-23-31(24-26-34)36-27-28-39(38-20-11-10-19-37(36)38)40-21-12-22-41-42-29-30-43-46(45(42)55-44(40)41)56-50(51-43)35-17-8-3-9-18-35/h1-30H. The topological polar surface area (TPSA) is 77.8 Å². The Labute approximate surface area is 321 Å². The van der Waals surface area contributed by atoms with Crippen LogP contribution in [-0.2, 0) is 0 Å². The van der Waals surface area contributed by atoms with E-state index in [1.807, 2.05) is 97.1 Å². The van der Waals surface area contributed by atoms with E-state index in [-0.39, 0.29) is 0 Å². The quantitative estimate of drug-likeness (QED) is 0.170. The van der Waals surface area contributed by atoms with Crippen LogP contribution >= 0.6 is 0 Å². The van der Waals surface area contributed by atoms with Crippen LogP contribution in [0.1, 0.15) is 0 Å². The van der Waals surface area contributed by atoms with Crippen molar-refractivity contribution in [3.8, 4) is 67.9 Å². The molecule has 0 atom stereocenters. The summed E-state index contributed by atoms with van der Waals surface area (Å²) in [4.78, 5) is 19.5. The zero-order chi connectivity index (χ0) is 37.0. The molecule has 0 aliphatic carbocycles. The molecule has 6 heteroatoms. The van der Waals surface area contributed by atoms with Gasteiger partial charge in [-0.3, -0.25) is 0 Å². The largest absolute Gasteiger partial charge is 0.451 e. The molecule has 0 unspecified atom stereocenters. The zero-order valence-corrected chi connectivity index (χ0v) is 29.9. The van der Waals surface area contributed by atoms with E-state index in [2.05, 4.69) is 84.9 Å². The van der Waals surface area contributed by atoms with E-state index in [4.69, 9.17) is 28.8 Å². The number of aromatic nitrogens is 4. The minimum atomic E-state index is 0.575. The van der Waals surface area contributed by atoms with Crippen molar-refractivity contribution in [2.75, 3.05) is 0 Å². The predicted molar refractivity (Wildman–Crippen MR) is 225 cm³/mol. The lowest BCUT2D eigenvalue weighted by atomic mass is 9.91. The van der Waals surface area contributed by atoms with Crippen molar-refractivity contribution in [2.45, 2.75) is 0 Å². The molecule has 0 aliphatic heterocycles. The SMILES string of the molecule is c1ccc(-c2nc(-c3ccccc3)nc(-c3ccc(-c4ccc(-c5cccc6c5oc5c6ccc6nc(-c7ccccc7)oc65)c5ccccc45)cc3)n2)cc1. The molecule has 0 spiro atoms. The van der Waals surface area contributed by atoms with E-state index >= 15 is 0 Å². The van der Waals surface area contributed by atoms with Gasteiger partial charge in [-0.25, -0.2) is 19.9 Å². The normalized spacial score (nSPS) is 11.6. The number of hydrogen-bond donors (Lipinski definition) is 0. The van der Waals surface area contributed by atoms with Crippen LogP contribution in [0, 0.1) is 0 Å². The Kier molecular flexibility index (Phi) is 7.38. The number of oxazole rings is 1. The van der Waals surface area contributed by atoms with E-state index in [0.717, 1.165) is 77.2 Å². The molecule has 8 aromatic carbocycles. The third-order valence-corrected chi connectivity index (χ3v) is 10.4. The third-order valence-electron chi connectivity index (χ3n) is 10.4. The fraction of sp³-hybridized carbons (Fsp3) is 0. The van der Waals surface area contributed by atoms with Crippen molar-refractivity contribution in [3.05, 3.63) is 182 Å². The first kappa shape index (κ1) is 31.8. The van der Waals surface area contributed by atoms with E-state index < -0.39 is 0 Å². The summed E-state index contributed by atoms with van der Waals surface area (Å²) in [5.74, 6) is 2.48. The summed E-state index contributed by atoms with van der Waals surface area (Å²) in [6.45, 7) is 0. The van der Waals surface area contributed by atoms with Crippen molar-refractivity contribution in [3.63, 3.8) is 0 Å². The number of benzene rings is 8. The van der Waals surface area contributed by atoms with E-state index in [1.165, 1.54) is 0 Å². The Morgan fingerprint density at radius 1 is 0.268 bits per heavy atom. The van der Waals surface area contributed by atoms with Crippen LogP contribution < -0.4 is 0 Å². The molecule has 0 saturated carbocycles. The minimum Gasteiger partial charge on any atom is -0.451 e. The van der Waals surface area contributed by atoms with Gasteiger partial charge in [0.05, 0.1) is 0 Å². The van der Waals surface area contributed by atoms with Gasteiger partial charge in [-0.1, -0.05) is 158 Å². The van der Waals surface area contributed by atoms with Crippen molar-refractivity contribution in [1.82, 2.24) is 19.9 Å². The lowest BCUT2D eigenvalue weighted by Crippen LogP contribution is -2.00. The minimum absolute atomic E-state index is 0.575. The summed E-state index contributed by atoms with van der Waals surface area (Å²) in [5.41, 5.74) is 11.0. The van der Waals surface area contributed by atoms with Gasteiger partial charge in [-0.05, 0) is 51.7 Å². The van der Waals surface area contributed by atoms with Gasteiger partial charge in [0.25, 0.3) is 0 Å². The molecule has 11 rings (SSSR count). The number of rotatable bonds is 6. The highest BCUT2D eigenvalue weighted by molar-refractivity contribution is 6.17. The molecular weight excluding hydrogens is 689 g/mol. The van der Waals surface area contributed by atoms with Gasteiger partial charge >= 0.3 is 0 Å². The Morgan fingerprint density at radius 2 is 0.768 bits per heavy atom. The fourth-order valence-corrected chi connectivity index (χ4v) is 7.68. The van der Waals surface area contributed by atoms with Crippen molar-refractivity contribution >= 4 is 43.8 Å². The van der Waals surface area contributed by atoms with Crippen LogP contribution in [0.25, 0.3) is 112 Å². The van der Waals surface area contributed by atoms with Crippen molar-refractivity contribution in [1.29, 1.82) is 0 Å². The monoisotopic (exact) mass is 718 g/mol. The molecular formula is C50H30N4O2. The molecule has 0 saturated heterocycles. The molecule has 3 aromatic heterocycles. The molecule has 11 aromatic rings. The smallest absolute Gasteiger partial charge is 0.227 e. The summed E-state index contributed by atoms with van der Waals surface area (Å²) in [7, 11) is 0. The van der Waals surface area contributed by atoms with Gasteiger partial charge in [-0.2, -0.15) is 0 Å². The second-order valence-corrected chi connectivity index (χ2v) is 13.8. The highest BCUT2D eigenvalue weighted by Crippen LogP contribution is 2.43. The molecule has 0 amide bonds. The summed E-state index contributed by atoms with van der Waals surface area (Å²) < 4.78 is 13.1. The molecule has 3 heterocycles. The van der Waals surface area contributed by atoms with Crippen molar-refractivity contribution < 1.29 is 8.83 Å². The van der Waals surface area contributed by atoms with Crippen LogP contribution in [0.3, 0.4) is 0 Å². The average Bonchev–Trinajstić information content (AvgIpc) is 3.89. The molecule has 262 valence electrons. The molecule has 0 bridgehead atoms. The number of hydrogen-bond acceptors (Lipinski definition) is 6. The molecule has 0 aliphatic rings. The third kappa shape index (κ3) is 5.35. The van der Waals surface area contributed by atoms with Gasteiger partial charge in [0, 0.05) is 38.6 Å². The lowest BCUT2D eigenvalue weighted by Gasteiger charge is -2.13. The summed E-state index contributed by atoms with van der Waals surface area (Å²) >= 11 is 0. The van der Waals surface area contributed by atoms with Crippen LogP contribution in [-0.4, -0.2) is 19.9 Å². The van der Waals surface area contributed by atoms with E-state index in [9.17, 15) is 0 Å². The number of furan rings is 1. The first-order valence-electron chi connectivity index (χ1n) is 18.6. The molecule has 0 radical (unpaired) electrons. The fourth-order valence-electron chi connectivity index (χ4n) is 7.68. The Balaban J connectivity index is 0.997. The van der Waals surface area contributed by atoms with Gasteiger partial charge in [0.2, 0.25) is 5.89 Å². The van der Waals surface area contributed by atoms with E-state index in [1.54, 1.807) is 0 Å². The van der Waals surface area contributed by atoms with Crippen LogP contribution in [0.15, 0.2) is 191 Å². The van der Waals surface area contributed by atoms with Gasteiger partial charge in [0.1, 0.15) is 11.1 Å². The van der Waals surface area contributed by atoms with Gasteiger partial charge in [0.15, 0.2) is 28.6 Å². The highest BCUT2D eigenvalue weighted by atomic mass is 16.4. The lowest BCUT2D eigenvalue weighted by molar-refractivity contribution is 0.604. The maximum atomic E-state index is 6.74. The maximum absolute atomic E-state index is 6.74. The summed E-state index contributed by atoms with van der Waals surface area (Å²) in [6.07, 6.45) is 0. The summed E-state index contributed by atoms with van der Waals surface area (Å²) in [5, 5.41) is 4.31. The molecule has 0 N–H and O–H groups in total. The molecule has 6 nitrogen and oxygen atoms in total. The molecule has 0 fully saturated rings. The maximum Gasteiger partial charge on any atom is 0.227 e. The second-order valence-electron chi connectivity index (χ2n) is 13.8.